The number of ether oxygens (including phenoxy) is 1. The zero-order valence-electron chi connectivity index (χ0n) is 13.3. The maximum atomic E-state index is 5.89. The summed E-state index contributed by atoms with van der Waals surface area (Å²) in [7, 11) is 1.64. The third kappa shape index (κ3) is 4.60. The van der Waals surface area contributed by atoms with Gasteiger partial charge < -0.3 is 20.8 Å². The Bertz CT molecular complexity index is 780. The topological polar surface area (TPSA) is 88.3 Å². The van der Waals surface area contributed by atoms with Crippen molar-refractivity contribution in [2.24, 2.45) is 10.7 Å². The molecular weight excluding hydrogens is 417 g/mol. The molecule has 0 spiro atoms. The molecule has 2 aromatic carbocycles. The van der Waals surface area contributed by atoms with E-state index in [0.717, 1.165) is 28.3 Å². The summed E-state index contributed by atoms with van der Waals surface area (Å²) in [6.07, 6.45) is 0.708. The van der Waals surface area contributed by atoms with E-state index in [-0.39, 0.29) is 24.0 Å². The predicted octanol–water partition coefficient (Wildman–Crippen LogP) is 3.16. The molecule has 1 aromatic heterocycles. The van der Waals surface area contributed by atoms with Crippen LogP contribution >= 0.6 is 24.0 Å². The van der Waals surface area contributed by atoms with Crippen molar-refractivity contribution >= 4 is 46.7 Å². The Labute approximate surface area is 157 Å². The van der Waals surface area contributed by atoms with Crippen molar-refractivity contribution in [3.8, 4) is 5.75 Å². The molecule has 0 fully saturated rings. The maximum absolute atomic E-state index is 5.89. The number of fused-ring (bicyclic) bond motifs is 1. The number of benzene rings is 2. The van der Waals surface area contributed by atoms with Crippen molar-refractivity contribution in [3.05, 3.63) is 54.4 Å². The summed E-state index contributed by atoms with van der Waals surface area (Å²) in [6, 6.07) is 15.5. The van der Waals surface area contributed by atoms with Gasteiger partial charge in [0.15, 0.2) is 5.96 Å². The lowest BCUT2D eigenvalue weighted by Gasteiger charge is -2.06. The fraction of sp³-hybridized carbons (Fsp3) is 0.176. The molecular formula is C17H20IN5O. The number of nitrogens with one attached hydrogen (secondary N) is 2. The second kappa shape index (κ2) is 8.53. The van der Waals surface area contributed by atoms with Gasteiger partial charge in [-0.15, -0.1) is 24.0 Å². The molecule has 0 aliphatic heterocycles. The van der Waals surface area contributed by atoms with E-state index in [0.29, 0.717) is 18.9 Å². The lowest BCUT2D eigenvalue weighted by molar-refractivity contribution is 0.415. The van der Waals surface area contributed by atoms with E-state index in [1.807, 2.05) is 48.5 Å². The number of para-hydroxylation sites is 2. The molecule has 3 rings (SSSR count). The minimum absolute atomic E-state index is 0. The first kappa shape index (κ1) is 18.1. The first-order valence-corrected chi connectivity index (χ1v) is 7.39. The number of rotatable bonds is 5. The molecule has 0 aliphatic rings. The number of hydrogen-bond donors (Lipinski definition) is 3. The zero-order valence-corrected chi connectivity index (χ0v) is 15.7. The third-order valence-electron chi connectivity index (χ3n) is 3.43. The molecule has 0 radical (unpaired) electrons. The quantitative estimate of drug-likeness (QED) is 0.325. The average Bonchev–Trinajstić information content (AvgIpc) is 2.98. The highest BCUT2D eigenvalue weighted by Crippen LogP contribution is 2.14. The van der Waals surface area contributed by atoms with Crippen molar-refractivity contribution < 1.29 is 4.74 Å². The summed E-state index contributed by atoms with van der Waals surface area (Å²) in [4.78, 5) is 12.1. The molecule has 0 saturated carbocycles. The van der Waals surface area contributed by atoms with Crippen molar-refractivity contribution in [1.29, 1.82) is 0 Å². The SMILES string of the molecule is COc1ccc(NC(N)=NCCc2nc3ccccc3[nH]2)cc1.I. The Hall–Kier alpha value is -2.29. The summed E-state index contributed by atoms with van der Waals surface area (Å²) in [5.41, 5.74) is 8.77. The number of hydrogen-bond acceptors (Lipinski definition) is 3. The summed E-state index contributed by atoms with van der Waals surface area (Å²) in [6.45, 7) is 0.564. The highest BCUT2D eigenvalue weighted by atomic mass is 127. The second-order valence-corrected chi connectivity index (χ2v) is 5.07. The first-order chi connectivity index (χ1) is 11.2. The average molecular weight is 437 g/mol. The van der Waals surface area contributed by atoms with E-state index in [1.54, 1.807) is 7.11 Å². The van der Waals surface area contributed by atoms with Gasteiger partial charge in [0.2, 0.25) is 0 Å². The van der Waals surface area contributed by atoms with Gasteiger partial charge in [0.25, 0.3) is 0 Å². The predicted molar refractivity (Wildman–Crippen MR) is 108 cm³/mol. The van der Waals surface area contributed by atoms with E-state index in [4.69, 9.17) is 10.5 Å². The molecule has 0 unspecified atom stereocenters. The maximum Gasteiger partial charge on any atom is 0.193 e. The molecule has 4 N–H and O–H groups in total. The number of nitrogens with zero attached hydrogens (tertiary/aromatic N) is 2. The van der Waals surface area contributed by atoms with Crippen molar-refractivity contribution in [1.82, 2.24) is 9.97 Å². The fourth-order valence-corrected chi connectivity index (χ4v) is 2.27. The van der Waals surface area contributed by atoms with E-state index in [1.165, 1.54) is 0 Å². The smallest absolute Gasteiger partial charge is 0.193 e. The Balaban J connectivity index is 0.00000208. The number of anilines is 1. The van der Waals surface area contributed by atoms with Crippen LogP contribution in [0.5, 0.6) is 5.75 Å². The molecule has 0 aliphatic carbocycles. The number of imidazole rings is 1. The number of methoxy groups -OCH3 is 1. The molecule has 0 saturated heterocycles. The Morgan fingerprint density at radius 1 is 1.21 bits per heavy atom. The van der Waals surface area contributed by atoms with Gasteiger partial charge >= 0.3 is 0 Å². The van der Waals surface area contributed by atoms with E-state index in [2.05, 4.69) is 20.3 Å². The normalized spacial score (nSPS) is 11.1. The number of aromatic nitrogens is 2. The highest BCUT2D eigenvalue weighted by Gasteiger charge is 2.01. The van der Waals surface area contributed by atoms with Gasteiger partial charge in [-0.05, 0) is 36.4 Å². The lowest BCUT2D eigenvalue weighted by atomic mass is 10.3. The van der Waals surface area contributed by atoms with Crippen LogP contribution in [-0.4, -0.2) is 29.6 Å². The van der Waals surface area contributed by atoms with E-state index < -0.39 is 0 Å². The number of halogens is 1. The van der Waals surface area contributed by atoms with Crippen LogP contribution in [0.3, 0.4) is 0 Å². The Morgan fingerprint density at radius 2 is 1.96 bits per heavy atom. The van der Waals surface area contributed by atoms with Crippen molar-refractivity contribution in [2.75, 3.05) is 19.0 Å². The van der Waals surface area contributed by atoms with Crippen molar-refractivity contribution in [2.45, 2.75) is 6.42 Å². The monoisotopic (exact) mass is 437 g/mol. The van der Waals surface area contributed by atoms with Gasteiger partial charge in [-0.1, -0.05) is 12.1 Å². The minimum Gasteiger partial charge on any atom is -0.497 e. The van der Waals surface area contributed by atoms with Crippen LogP contribution in [0.2, 0.25) is 0 Å². The summed E-state index contributed by atoms with van der Waals surface area (Å²) >= 11 is 0. The Kier molecular flexibility index (Phi) is 6.42. The van der Waals surface area contributed by atoms with Gasteiger partial charge in [0.1, 0.15) is 11.6 Å². The molecule has 7 heteroatoms. The zero-order chi connectivity index (χ0) is 16.1. The van der Waals surface area contributed by atoms with E-state index >= 15 is 0 Å². The first-order valence-electron chi connectivity index (χ1n) is 7.39. The molecule has 126 valence electrons. The fourth-order valence-electron chi connectivity index (χ4n) is 2.27. The van der Waals surface area contributed by atoms with Gasteiger partial charge in [-0.3, -0.25) is 4.99 Å². The van der Waals surface area contributed by atoms with Crippen LogP contribution in [-0.2, 0) is 6.42 Å². The molecule has 0 atom stereocenters. The highest BCUT2D eigenvalue weighted by molar-refractivity contribution is 14.0. The van der Waals surface area contributed by atoms with Gasteiger partial charge in [-0.2, -0.15) is 0 Å². The van der Waals surface area contributed by atoms with Crippen LogP contribution in [0.1, 0.15) is 5.82 Å². The van der Waals surface area contributed by atoms with E-state index in [9.17, 15) is 0 Å². The number of guanidine groups is 1. The standard InChI is InChI=1S/C17H19N5O.HI/c1-23-13-8-6-12(7-9-13)20-17(18)19-11-10-16-21-14-4-2-3-5-15(14)22-16;/h2-9H,10-11H2,1H3,(H,21,22)(H3,18,19,20);1H. The molecule has 1 heterocycles. The van der Waals surface area contributed by atoms with Gasteiger partial charge in [-0.25, -0.2) is 4.98 Å². The number of aromatic amines is 1. The molecule has 6 nitrogen and oxygen atoms in total. The van der Waals surface area contributed by atoms with Gasteiger partial charge in [0.05, 0.1) is 18.1 Å². The molecule has 3 aromatic rings. The lowest BCUT2D eigenvalue weighted by Crippen LogP contribution is -2.23. The summed E-state index contributed by atoms with van der Waals surface area (Å²) in [5.74, 6) is 2.09. The van der Waals surface area contributed by atoms with Crippen LogP contribution < -0.4 is 15.8 Å². The Morgan fingerprint density at radius 3 is 2.67 bits per heavy atom. The number of H-pyrrole nitrogens is 1. The van der Waals surface area contributed by atoms with Crippen LogP contribution in [0.25, 0.3) is 11.0 Å². The van der Waals surface area contributed by atoms with Gasteiger partial charge in [0, 0.05) is 18.7 Å². The number of nitrogens with two attached hydrogens (primary N) is 1. The van der Waals surface area contributed by atoms with Crippen LogP contribution in [0.15, 0.2) is 53.5 Å². The van der Waals surface area contributed by atoms with Crippen molar-refractivity contribution in [3.63, 3.8) is 0 Å². The minimum atomic E-state index is 0. The largest absolute Gasteiger partial charge is 0.497 e. The number of aliphatic imine (C=N–C) groups is 1. The molecule has 24 heavy (non-hydrogen) atoms. The molecule has 0 bridgehead atoms. The summed E-state index contributed by atoms with van der Waals surface area (Å²) in [5, 5.41) is 3.05. The summed E-state index contributed by atoms with van der Waals surface area (Å²) < 4.78 is 5.11. The third-order valence-corrected chi connectivity index (χ3v) is 3.43. The second-order valence-electron chi connectivity index (χ2n) is 5.07. The molecule has 0 amide bonds. The van der Waals surface area contributed by atoms with Crippen LogP contribution in [0, 0.1) is 0 Å². The van der Waals surface area contributed by atoms with Crippen LogP contribution in [0.4, 0.5) is 5.69 Å².